The predicted octanol–water partition coefficient (Wildman–Crippen LogP) is 2.27. The molecule has 0 aliphatic carbocycles. The molecule has 0 spiro atoms. The summed E-state index contributed by atoms with van der Waals surface area (Å²) in [6.07, 6.45) is 3.63. The molecule has 8 heteroatoms. The first-order valence-electron chi connectivity index (χ1n) is 6.07. The van der Waals surface area contributed by atoms with Crippen LogP contribution in [0.15, 0.2) is 29.4 Å². The van der Waals surface area contributed by atoms with Crippen LogP contribution in [-0.2, 0) is 10.0 Å². The van der Waals surface area contributed by atoms with Crippen molar-refractivity contribution in [1.82, 2.24) is 14.1 Å². The lowest BCUT2D eigenvalue weighted by molar-refractivity contribution is 0.558. The van der Waals surface area contributed by atoms with Gasteiger partial charge in [-0.05, 0) is 30.1 Å². The van der Waals surface area contributed by atoms with Gasteiger partial charge in [0.25, 0.3) is 10.0 Å². The van der Waals surface area contributed by atoms with Crippen LogP contribution in [0.2, 0.25) is 5.15 Å². The summed E-state index contributed by atoms with van der Waals surface area (Å²) in [5, 5.41) is -0.0210. The molecule has 1 unspecified atom stereocenters. The van der Waals surface area contributed by atoms with Crippen molar-refractivity contribution in [2.45, 2.75) is 11.9 Å². The van der Waals surface area contributed by atoms with Crippen molar-refractivity contribution >= 4 is 39.0 Å². The summed E-state index contributed by atoms with van der Waals surface area (Å²) in [5.41, 5.74) is 0.509. The van der Waals surface area contributed by atoms with E-state index >= 15 is 0 Å². The molecule has 0 aromatic carbocycles. The van der Waals surface area contributed by atoms with E-state index in [4.69, 9.17) is 11.6 Å². The maximum absolute atomic E-state index is 12.4. The second-order valence-corrected chi connectivity index (χ2v) is 7.50. The first-order chi connectivity index (χ1) is 9.45. The third-order valence-corrected chi connectivity index (χ3v) is 5.50. The standard InChI is InChI=1S/C12H16ClN3O2S2/c1-9(8-19-2)7-14-20(17,18)12-11(13)15-10-5-3-4-6-16(10)12/h3-6,9,14H,7-8H2,1-2H3. The lowest BCUT2D eigenvalue weighted by atomic mass is 10.2. The summed E-state index contributed by atoms with van der Waals surface area (Å²) in [5.74, 6) is 1.14. The molecule has 0 bridgehead atoms. The van der Waals surface area contributed by atoms with Crippen LogP contribution >= 0.6 is 23.4 Å². The lowest BCUT2D eigenvalue weighted by Crippen LogP contribution is -2.30. The summed E-state index contributed by atoms with van der Waals surface area (Å²) in [4.78, 5) is 4.05. The monoisotopic (exact) mass is 333 g/mol. The van der Waals surface area contributed by atoms with Gasteiger partial charge in [0, 0.05) is 12.7 Å². The van der Waals surface area contributed by atoms with E-state index in [9.17, 15) is 8.42 Å². The van der Waals surface area contributed by atoms with Crippen molar-refractivity contribution in [2.24, 2.45) is 5.92 Å². The Bertz CT molecular complexity index is 700. The van der Waals surface area contributed by atoms with Gasteiger partial charge in [0.2, 0.25) is 0 Å². The minimum atomic E-state index is -3.68. The zero-order valence-electron chi connectivity index (χ0n) is 11.2. The highest BCUT2D eigenvalue weighted by molar-refractivity contribution is 7.98. The summed E-state index contributed by atoms with van der Waals surface area (Å²) >= 11 is 7.66. The number of pyridine rings is 1. The van der Waals surface area contributed by atoms with Crippen LogP contribution in [0.3, 0.4) is 0 Å². The van der Waals surface area contributed by atoms with Gasteiger partial charge in [0.1, 0.15) is 5.65 Å². The van der Waals surface area contributed by atoms with Gasteiger partial charge in [-0.3, -0.25) is 4.40 Å². The van der Waals surface area contributed by atoms with Crippen LogP contribution in [0, 0.1) is 5.92 Å². The third-order valence-electron chi connectivity index (χ3n) is 2.77. The Morgan fingerprint density at radius 3 is 2.95 bits per heavy atom. The van der Waals surface area contributed by atoms with E-state index in [0.29, 0.717) is 12.2 Å². The van der Waals surface area contributed by atoms with Crippen LogP contribution in [-0.4, -0.2) is 36.4 Å². The average Bonchev–Trinajstić information content (AvgIpc) is 2.73. The summed E-state index contributed by atoms with van der Waals surface area (Å²) in [6.45, 7) is 2.37. The third kappa shape index (κ3) is 3.28. The molecule has 2 rings (SSSR count). The smallest absolute Gasteiger partial charge is 0.259 e. The van der Waals surface area contributed by atoms with E-state index in [1.165, 1.54) is 4.40 Å². The Morgan fingerprint density at radius 2 is 2.25 bits per heavy atom. The number of imidazole rings is 1. The van der Waals surface area contributed by atoms with E-state index < -0.39 is 10.0 Å². The second kappa shape index (κ2) is 6.34. The Morgan fingerprint density at radius 1 is 1.50 bits per heavy atom. The summed E-state index contributed by atoms with van der Waals surface area (Å²) < 4.78 is 28.8. The molecule has 0 aliphatic heterocycles. The molecule has 110 valence electrons. The predicted molar refractivity (Wildman–Crippen MR) is 82.9 cm³/mol. The highest BCUT2D eigenvalue weighted by atomic mass is 35.5. The van der Waals surface area contributed by atoms with Crippen molar-refractivity contribution in [2.75, 3.05) is 18.6 Å². The Balaban J connectivity index is 2.30. The molecule has 5 nitrogen and oxygen atoms in total. The molecule has 1 N–H and O–H groups in total. The van der Waals surface area contributed by atoms with Crippen molar-refractivity contribution < 1.29 is 8.42 Å². The number of hydrogen-bond acceptors (Lipinski definition) is 4. The normalized spacial score (nSPS) is 13.8. The molecule has 0 aliphatic rings. The molecule has 0 radical (unpaired) electrons. The van der Waals surface area contributed by atoms with Crippen LogP contribution in [0.5, 0.6) is 0 Å². The van der Waals surface area contributed by atoms with Crippen LogP contribution in [0.4, 0.5) is 0 Å². The van der Waals surface area contributed by atoms with Gasteiger partial charge in [-0.2, -0.15) is 11.8 Å². The van der Waals surface area contributed by atoms with Gasteiger partial charge < -0.3 is 0 Å². The molecule has 2 heterocycles. The molecular weight excluding hydrogens is 318 g/mol. The zero-order valence-corrected chi connectivity index (χ0v) is 13.6. The number of rotatable bonds is 6. The molecule has 0 amide bonds. The number of hydrogen-bond donors (Lipinski definition) is 1. The van der Waals surface area contributed by atoms with E-state index in [-0.39, 0.29) is 16.1 Å². The fourth-order valence-electron chi connectivity index (χ4n) is 1.85. The minimum Gasteiger partial charge on any atom is -0.288 e. The van der Waals surface area contributed by atoms with Gasteiger partial charge in [-0.25, -0.2) is 18.1 Å². The minimum absolute atomic E-state index is 0.00822. The van der Waals surface area contributed by atoms with Gasteiger partial charge in [-0.1, -0.05) is 24.6 Å². The lowest BCUT2D eigenvalue weighted by Gasteiger charge is -2.11. The van der Waals surface area contributed by atoms with Gasteiger partial charge >= 0.3 is 0 Å². The Hall–Kier alpha value is -0.760. The number of aromatic nitrogens is 2. The number of nitrogens with zero attached hydrogens (tertiary/aromatic N) is 2. The van der Waals surface area contributed by atoms with Crippen molar-refractivity contribution in [3.8, 4) is 0 Å². The van der Waals surface area contributed by atoms with Gasteiger partial charge in [0.15, 0.2) is 10.2 Å². The molecular formula is C12H16ClN3O2S2. The highest BCUT2D eigenvalue weighted by Crippen LogP contribution is 2.22. The molecule has 0 saturated carbocycles. The van der Waals surface area contributed by atoms with E-state index in [1.54, 1.807) is 36.2 Å². The second-order valence-electron chi connectivity index (χ2n) is 4.55. The van der Waals surface area contributed by atoms with Crippen molar-refractivity contribution in [1.29, 1.82) is 0 Å². The molecule has 1 atom stereocenters. The number of fused-ring (bicyclic) bond motifs is 1. The number of sulfonamides is 1. The maximum Gasteiger partial charge on any atom is 0.259 e. The topological polar surface area (TPSA) is 63.5 Å². The quantitative estimate of drug-likeness (QED) is 0.880. The molecule has 2 aromatic heterocycles. The van der Waals surface area contributed by atoms with E-state index in [0.717, 1.165) is 5.75 Å². The van der Waals surface area contributed by atoms with Crippen molar-refractivity contribution in [3.63, 3.8) is 0 Å². The Kier molecular flexibility index (Phi) is 4.95. The largest absolute Gasteiger partial charge is 0.288 e. The van der Waals surface area contributed by atoms with Crippen molar-refractivity contribution in [3.05, 3.63) is 29.5 Å². The maximum atomic E-state index is 12.4. The molecule has 0 fully saturated rings. The molecule has 0 saturated heterocycles. The van der Waals surface area contributed by atoms with E-state index in [1.807, 2.05) is 13.2 Å². The number of halogens is 1. The van der Waals surface area contributed by atoms with E-state index in [2.05, 4.69) is 9.71 Å². The number of thioether (sulfide) groups is 1. The average molecular weight is 334 g/mol. The summed E-state index contributed by atoms with van der Waals surface area (Å²) in [6, 6.07) is 5.23. The summed E-state index contributed by atoms with van der Waals surface area (Å²) in [7, 11) is -3.68. The SMILES string of the molecule is CSCC(C)CNS(=O)(=O)c1c(Cl)nc2ccccn12. The highest BCUT2D eigenvalue weighted by Gasteiger charge is 2.24. The van der Waals surface area contributed by atoms with Crippen LogP contribution < -0.4 is 4.72 Å². The molecule has 2 aromatic rings. The zero-order chi connectivity index (χ0) is 14.8. The van der Waals surface area contributed by atoms with Crippen LogP contribution in [0.1, 0.15) is 6.92 Å². The first-order valence-corrected chi connectivity index (χ1v) is 9.32. The van der Waals surface area contributed by atoms with Gasteiger partial charge in [0.05, 0.1) is 0 Å². The fourth-order valence-corrected chi connectivity index (χ4v) is 4.34. The Labute approximate surface area is 127 Å². The van der Waals surface area contributed by atoms with Gasteiger partial charge in [-0.15, -0.1) is 0 Å². The van der Waals surface area contributed by atoms with Crippen LogP contribution in [0.25, 0.3) is 5.65 Å². The fraction of sp³-hybridized carbons (Fsp3) is 0.417. The molecule has 20 heavy (non-hydrogen) atoms. The first kappa shape index (κ1) is 15.6. The number of nitrogens with one attached hydrogen (secondary N) is 1.